The molecule has 8 heteroatoms. The number of aromatic nitrogens is 2. The second-order valence-electron chi connectivity index (χ2n) is 6.41. The third-order valence-corrected chi connectivity index (χ3v) is 5.81. The van der Waals surface area contributed by atoms with Crippen molar-refractivity contribution in [1.82, 2.24) is 15.0 Å². The highest BCUT2D eigenvalue weighted by Gasteiger charge is 2.33. The van der Waals surface area contributed by atoms with E-state index in [1.807, 2.05) is 42.5 Å². The van der Waals surface area contributed by atoms with Crippen LogP contribution in [-0.2, 0) is 11.2 Å². The number of hydrogen-bond donors (Lipinski definition) is 0. The number of halogens is 1. The zero-order chi connectivity index (χ0) is 18.4. The first-order chi connectivity index (χ1) is 13.2. The molecule has 1 aliphatic heterocycles. The predicted octanol–water partition coefficient (Wildman–Crippen LogP) is 3.92. The van der Waals surface area contributed by atoms with Crippen molar-refractivity contribution in [1.29, 1.82) is 0 Å². The van der Waals surface area contributed by atoms with E-state index in [9.17, 15) is 4.79 Å². The van der Waals surface area contributed by atoms with E-state index in [-0.39, 0.29) is 18.4 Å². The zero-order valence-corrected chi connectivity index (χ0v) is 15.7. The Balaban J connectivity index is 1.21. The quantitative estimate of drug-likeness (QED) is 0.520. The average molecular weight is 400 g/mol. The average Bonchev–Trinajstić information content (AvgIpc) is 3.23. The highest BCUT2D eigenvalue weighted by molar-refractivity contribution is 7.20. The van der Waals surface area contributed by atoms with Crippen LogP contribution in [0, 0.1) is 0 Å². The van der Waals surface area contributed by atoms with Crippen molar-refractivity contribution in [2.75, 3.05) is 13.1 Å². The first-order valence-corrected chi connectivity index (χ1v) is 9.69. The van der Waals surface area contributed by atoms with Gasteiger partial charge in [0.25, 0.3) is 5.19 Å². The first-order valence-electron chi connectivity index (χ1n) is 8.50. The van der Waals surface area contributed by atoms with Crippen molar-refractivity contribution in [3.05, 3.63) is 53.2 Å². The molecule has 0 radical (unpaired) electrons. The standard InChI is InChI=1S/C19H14ClN3O3S/c20-13-5-3-7-16-18(13)21-19(27-16)25-11-9-23(10-11)17(24)8-14-12-4-1-2-6-15(12)26-22-14/h1-7,11H,8-10H2. The lowest BCUT2D eigenvalue weighted by molar-refractivity contribution is -0.139. The Morgan fingerprint density at radius 1 is 1.26 bits per heavy atom. The van der Waals surface area contributed by atoms with Crippen LogP contribution in [0.5, 0.6) is 5.19 Å². The van der Waals surface area contributed by atoms with Gasteiger partial charge < -0.3 is 14.2 Å². The second kappa shape index (κ2) is 6.51. The summed E-state index contributed by atoms with van der Waals surface area (Å²) < 4.78 is 12.1. The number of carbonyl (C=O) groups is 1. The summed E-state index contributed by atoms with van der Waals surface area (Å²) in [6.45, 7) is 1.08. The van der Waals surface area contributed by atoms with E-state index < -0.39 is 0 Å². The summed E-state index contributed by atoms with van der Waals surface area (Å²) in [5.74, 6) is 0.0150. The predicted molar refractivity (Wildman–Crippen MR) is 103 cm³/mol. The minimum absolute atomic E-state index is 0.0150. The van der Waals surface area contributed by atoms with Crippen LogP contribution in [0.1, 0.15) is 5.69 Å². The molecule has 1 saturated heterocycles. The third kappa shape index (κ3) is 3.02. The summed E-state index contributed by atoms with van der Waals surface area (Å²) in [7, 11) is 0. The van der Waals surface area contributed by atoms with Crippen molar-refractivity contribution in [3.8, 4) is 5.19 Å². The van der Waals surface area contributed by atoms with E-state index in [2.05, 4.69) is 10.1 Å². The van der Waals surface area contributed by atoms with Crippen LogP contribution >= 0.6 is 22.9 Å². The SMILES string of the molecule is O=C(Cc1noc2ccccc12)N1CC(Oc2nc3c(Cl)cccc3s2)C1. The second-order valence-corrected chi connectivity index (χ2v) is 7.81. The van der Waals surface area contributed by atoms with Crippen LogP contribution in [-0.4, -0.2) is 40.1 Å². The minimum Gasteiger partial charge on any atom is -0.463 e. The van der Waals surface area contributed by atoms with Gasteiger partial charge in [0.2, 0.25) is 5.91 Å². The summed E-state index contributed by atoms with van der Waals surface area (Å²) >= 11 is 7.61. The van der Waals surface area contributed by atoms with Gasteiger partial charge in [-0.1, -0.05) is 46.3 Å². The molecule has 0 unspecified atom stereocenters. The van der Waals surface area contributed by atoms with E-state index in [1.165, 1.54) is 11.3 Å². The summed E-state index contributed by atoms with van der Waals surface area (Å²) in [5.41, 5.74) is 2.12. The number of carbonyl (C=O) groups excluding carboxylic acids is 1. The molecular weight excluding hydrogens is 386 g/mol. The monoisotopic (exact) mass is 399 g/mol. The van der Waals surface area contributed by atoms with Crippen molar-refractivity contribution in [2.24, 2.45) is 0 Å². The summed E-state index contributed by atoms with van der Waals surface area (Å²) in [6, 6.07) is 13.2. The van der Waals surface area contributed by atoms with E-state index >= 15 is 0 Å². The topological polar surface area (TPSA) is 68.5 Å². The normalized spacial score (nSPS) is 14.6. The number of ether oxygens (including phenoxy) is 1. The van der Waals surface area contributed by atoms with Gasteiger partial charge in [0.15, 0.2) is 5.58 Å². The van der Waals surface area contributed by atoms with Gasteiger partial charge in [-0.2, -0.15) is 0 Å². The van der Waals surface area contributed by atoms with E-state index in [1.54, 1.807) is 4.90 Å². The molecule has 27 heavy (non-hydrogen) atoms. The van der Waals surface area contributed by atoms with Gasteiger partial charge >= 0.3 is 0 Å². The lowest BCUT2D eigenvalue weighted by Crippen LogP contribution is -2.56. The Kier molecular flexibility index (Phi) is 3.98. The molecule has 1 amide bonds. The molecule has 3 heterocycles. The number of fused-ring (bicyclic) bond motifs is 2. The van der Waals surface area contributed by atoms with Gasteiger partial charge in [-0.15, -0.1) is 0 Å². The van der Waals surface area contributed by atoms with E-state index in [0.29, 0.717) is 34.6 Å². The van der Waals surface area contributed by atoms with Crippen molar-refractivity contribution in [2.45, 2.75) is 12.5 Å². The Morgan fingerprint density at radius 3 is 2.96 bits per heavy atom. The minimum atomic E-state index is -0.0534. The fourth-order valence-electron chi connectivity index (χ4n) is 3.12. The fraction of sp³-hybridized carbons (Fsp3) is 0.211. The molecule has 4 aromatic rings. The largest absolute Gasteiger partial charge is 0.463 e. The lowest BCUT2D eigenvalue weighted by Gasteiger charge is -2.38. The molecule has 136 valence electrons. The molecule has 0 aliphatic carbocycles. The number of thiazole rings is 1. The summed E-state index contributed by atoms with van der Waals surface area (Å²) in [6.07, 6.45) is 0.169. The highest BCUT2D eigenvalue weighted by Crippen LogP contribution is 2.33. The number of nitrogens with zero attached hydrogens (tertiary/aromatic N) is 3. The number of amides is 1. The molecule has 0 bridgehead atoms. The smallest absolute Gasteiger partial charge is 0.274 e. The van der Waals surface area contributed by atoms with Crippen LogP contribution in [0.25, 0.3) is 21.2 Å². The lowest BCUT2D eigenvalue weighted by atomic mass is 10.1. The molecule has 0 saturated carbocycles. The molecule has 1 fully saturated rings. The van der Waals surface area contributed by atoms with Crippen LogP contribution < -0.4 is 4.74 Å². The molecule has 5 rings (SSSR count). The summed E-state index contributed by atoms with van der Waals surface area (Å²) in [4.78, 5) is 18.7. The molecule has 2 aromatic carbocycles. The molecule has 1 aliphatic rings. The van der Waals surface area contributed by atoms with Gasteiger partial charge in [0.05, 0.1) is 29.2 Å². The number of rotatable bonds is 4. The van der Waals surface area contributed by atoms with Crippen LogP contribution in [0.3, 0.4) is 0 Å². The Hall–Kier alpha value is -2.64. The van der Waals surface area contributed by atoms with Crippen LogP contribution in [0.15, 0.2) is 47.0 Å². The van der Waals surface area contributed by atoms with Gasteiger partial charge in [-0.05, 0) is 24.3 Å². The van der Waals surface area contributed by atoms with Gasteiger partial charge in [-0.25, -0.2) is 4.98 Å². The molecule has 6 nitrogen and oxygen atoms in total. The molecular formula is C19H14ClN3O3S. The first kappa shape index (κ1) is 16.5. The zero-order valence-electron chi connectivity index (χ0n) is 14.1. The van der Waals surface area contributed by atoms with E-state index in [4.69, 9.17) is 20.9 Å². The summed E-state index contributed by atoms with van der Waals surface area (Å²) in [5, 5.41) is 6.10. The Bertz CT molecular complexity index is 1150. The molecule has 2 aromatic heterocycles. The molecule has 0 spiro atoms. The third-order valence-electron chi connectivity index (χ3n) is 4.59. The number of benzene rings is 2. The van der Waals surface area contributed by atoms with Crippen molar-refractivity contribution < 1.29 is 14.1 Å². The maximum Gasteiger partial charge on any atom is 0.274 e. The van der Waals surface area contributed by atoms with Crippen molar-refractivity contribution in [3.63, 3.8) is 0 Å². The number of likely N-dealkylation sites (tertiary alicyclic amines) is 1. The maximum atomic E-state index is 12.5. The number of hydrogen-bond acceptors (Lipinski definition) is 6. The van der Waals surface area contributed by atoms with Crippen molar-refractivity contribution >= 4 is 50.0 Å². The van der Waals surface area contributed by atoms with Crippen LogP contribution in [0.2, 0.25) is 5.02 Å². The maximum absolute atomic E-state index is 12.5. The van der Waals surface area contributed by atoms with Gasteiger partial charge in [0, 0.05) is 5.39 Å². The fourth-order valence-corrected chi connectivity index (χ4v) is 4.31. The number of para-hydroxylation sites is 2. The Morgan fingerprint density at radius 2 is 2.11 bits per heavy atom. The van der Waals surface area contributed by atoms with E-state index in [0.717, 1.165) is 15.6 Å². The van der Waals surface area contributed by atoms with Gasteiger partial charge in [-0.3, -0.25) is 4.79 Å². The van der Waals surface area contributed by atoms with Crippen LogP contribution in [0.4, 0.5) is 0 Å². The van der Waals surface area contributed by atoms with Gasteiger partial charge in [0.1, 0.15) is 17.3 Å². The highest BCUT2D eigenvalue weighted by atomic mass is 35.5. The molecule has 0 atom stereocenters. The molecule has 0 N–H and O–H groups in total. The Labute approximate surface area is 163 Å².